The van der Waals surface area contributed by atoms with Crippen LogP contribution < -0.4 is 11.1 Å². The van der Waals surface area contributed by atoms with Crippen molar-refractivity contribution in [2.24, 2.45) is 11.7 Å². The van der Waals surface area contributed by atoms with Gasteiger partial charge in [0.2, 0.25) is 5.91 Å². The minimum atomic E-state index is -0.323. The van der Waals surface area contributed by atoms with E-state index in [0.29, 0.717) is 17.4 Å². The quantitative estimate of drug-likeness (QED) is 0.770. The van der Waals surface area contributed by atoms with Gasteiger partial charge in [0.05, 0.1) is 18.7 Å². The van der Waals surface area contributed by atoms with Crippen LogP contribution in [0.1, 0.15) is 19.5 Å². The van der Waals surface area contributed by atoms with Gasteiger partial charge in [0, 0.05) is 17.8 Å². The number of esters is 1. The number of anilines is 1. The lowest BCUT2D eigenvalue weighted by Gasteiger charge is -2.06. The number of carbonyl (C=O) groups is 2. The van der Waals surface area contributed by atoms with E-state index < -0.39 is 0 Å². The van der Waals surface area contributed by atoms with Gasteiger partial charge >= 0.3 is 5.97 Å². The molecule has 6 nitrogen and oxygen atoms in total. The average Bonchev–Trinajstić information content (AvgIpc) is 2.75. The number of amides is 1. The summed E-state index contributed by atoms with van der Waals surface area (Å²) in [5.74, 6) is -0.757. The first-order valence-electron chi connectivity index (χ1n) is 5.67. The number of carbonyl (C=O) groups excluding carboxylic acids is 2. The second-order valence-electron chi connectivity index (χ2n) is 3.75. The lowest BCUT2D eigenvalue weighted by Crippen LogP contribution is -2.26. The van der Waals surface area contributed by atoms with Crippen LogP contribution in [-0.2, 0) is 20.7 Å². The first-order valence-corrected chi connectivity index (χ1v) is 6.55. The molecular weight excluding hydrogens is 290 g/mol. The summed E-state index contributed by atoms with van der Waals surface area (Å²) in [6.07, 6.45) is 0.118. The van der Waals surface area contributed by atoms with Gasteiger partial charge in [-0.15, -0.1) is 23.7 Å². The van der Waals surface area contributed by atoms with E-state index in [0.717, 1.165) is 0 Å². The zero-order valence-corrected chi connectivity index (χ0v) is 12.5. The average molecular weight is 308 g/mol. The summed E-state index contributed by atoms with van der Waals surface area (Å²) < 4.78 is 4.81. The van der Waals surface area contributed by atoms with Crippen molar-refractivity contribution in [1.29, 1.82) is 0 Å². The van der Waals surface area contributed by atoms with E-state index in [1.54, 1.807) is 19.2 Å². The van der Waals surface area contributed by atoms with E-state index in [1.165, 1.54) is 11.3 Å². The molecule has 0 radical (unpaired) electrons. The van der Waals surface area contributed by atoms with Gasteiger partial charge in [-0.25, -0.2) is 4.98 Å². The highest BCUT2D eigenvalue weighted by Crippen LogP contribution is 2.16. The number of ether oxygens (including phenoxy) is 1. The molecule has 108 valence electrons. The molecule has 1 aromatic rings. The molecule has 1 amide bonds. The minimum absolute atomic E-state index is 0. The van der Waals surface area contributed by atoms with Crippen LogP contribution in [0.4, 0.5) is 5.13 Å². The third-order valence-corrected chi connectivity index (χ3v) is 3.02. The molecule has 1 atom stereocenters. The van der Waals surface area contributed by atoms with Gasteiger partial charge in [-0.1, -0.05) is 6.92 Å². The molecule has 0 aliphatic carbocycles. The van der Waals surface area contributed by atoms with Gasteiger partial charge in [-0.05, 0) is 6.92 Å². The van der Waals surface area contributed by atoms with Gasteiger partial charge in [-0.3, -0.25) is 9.59 Å². The van der Waals surface area contributed by atoms with Crippen molar-refractivity contribution in [2.75, 3.05) is 18.5 Å². The molecule has 0 saturated heterocycles. The summed E-state index contributed by atoms with van der Waals surface area (Å²) >= 11 is 1.27. The van der Waals surface area contributed by atoms with E-state index in [-0.39, 0.29) is 43.2 Å². The smallest absolute Gasteiger partial charge is 0.311 e. The van der Waals surface area contributed by atoms with Crippen LogP contribution >= 0.6 is 23.7 Å². The lowest BCUT2D eigenvalue weighted by atomic mass is 10.2. The molecule has 8 heteroatoms. The van der Waals surface area contributed by atoms with Crippen LogP contribution in [0.15, 0.2) is 5.38 Å². The minimum Gasteiger partial charge on any atom is -0.466 e. The summed E-state index contributed by atoms with van der Waals surface area (Å²) in [5.41, 5.74) is 5.98. The Bertz CT molecular complexity index is 425. The molecule has 3 N–H and O–H groups in total. The van der Waals surface area contributed by atoms with Crippen LogP contribution in [0.5, 0.6) is 0 Å². The fraction of sp³-hybridized carbons (Fsp3) is 0.545. The van der Waals surface area contributed by atoms with E-state index in [4.69, 9.17) is 10.5 Å². The standard InChI is InChI=1S/C11H17N3O3S.ClH/c1-3-17-9(15)4-8-6-18-11(13-8)14-10(16)7(2)5-12;/h6-7H,3-5,12H2,1-2H3,(H,13,14,16);1H. The Morgan fingerprint density at radius 2 is 2.26 bits per heavy atom. The van der Waals surface area contributed by atoms with Crippen molar-refractivity contribution in [1.82, 2.24) is 4.98 Å². The highest BCUT2D eigenvalue weighted by molar-refractivity contribution is 7.13. The first-order chi connectivity index (χ1) is 8.56. The van der Waals surface area contributed by atoms with Crippen LogP contribution in [0.25, 0.3) is 0 Å². The van der Waals surface area contributed by atoms with Crippen molar-refractivity contribution in [2.45, 2.75) is 20.3 Å². The number of hydrogen-bond acceptors (Lipinski definition) is 6. The lowest BCUT2D eigenvalue weighted by molar-refractivity contribution is -0.142. The fourth-order valence-corrected chi connectivity index (χ4v) is 1.85. The molecule has 0 saturated carbocycles. The van der Waals surface area contributed by atoms with Crippen molar-refractivity contribution in [3.05, 3.63) is 11.1 Å². The summed E-state index contributed by atoms with van der Waals surface area (Å²) in [4.78, 5) is 26.9. The number of nitrogens with two attached hydrogens (primary N) is 1. The molecule has 0 fully saturated rings. The fourth-order valence-electron chi connectivity index (χ4n) is 1.14. The van der Waals surface area contributed by atoms with Crippen molar-refractivity contribution in [3.8, 4) is 0 Å². The van der Waals surface area contributed by atoms with Crippen LogP contribution in [0.2, 0.25) is 0 Å². The molecule has 0 aliphatic heterocycles. The summed E-state index contributed by atoms with van der Waals surface area (Å²) in [5, 5.41) is 4.85. The summed E-state index contributed by atoms with van der Waals surface area (Å²) in [7, 11) is 0. The predicted molar refractivity (Wildman–Crippen MR) is 76.5 cm³/mol. The van der Waals surface area contributed by atoms with E-state index in [1.807, 2.05) is 0 Å². The molecule has 1 unspecified atom stereocenters. The third kappa shape index (κ3) is 6.00. The maximum atomic E-state index is 11.6. The van der Waals surface area contributed by atoms with Gasteiger partial charge in [0.15, 0.2) is 5.13 Å². The second kappa shape index (κ2) is 8.84. The topological polar surface area (TPSA) is 94.3 Å². The molecule has 0 aromatic carbocycles. The van der Waals surface area contributed by atoms with Crippen LogP contribution in [0, 0.1) is 5.92 Å². The summed E-state index contributed by atoms with van der Waals surface area (Å²) in [6, 6.07) is 0. The number of aromatic nitrogens is 1. The molecule has 19 heavy (non-hydrogen) atoms. The normalized spacial score (nSPS) is 11.3. The molecular formula is C11H18ClN3O3S. The van der Waals surface area contributed by atoms with Gasteiger partial charge in [-0.2, -0.15) is 0 Å². The van der Waals surface area contributed by atoms with Crippen LogP contribution in [-0.4, -0.2) is 30.0 Å². The Balaban J connectivity index is 0.00000324. The number of nitrogens with zero attached hydrogens (tertiary/aromatic N) is 1. The van der Waals surface area contributed by atoms with Crippen LogP contribution in [0.3, 0.4) is 0 Å². The van der Waals surface area contributed by atoms with Gasteiger partial charge in [0.1, 0.15) is 0 Å². The number of nitrogens with one attached hydrogen (secondary N) is 1. The molecule has 0 aliphatic rings. The third-order valence-electron chi connectivity index (χ3n) is 2.21. The Kier molecular flexibility index (Phi) is 8.29. The predicted octanol–water partition coefficient (Wildman–Crippen LogP) is 1.20. The molecule has 0 spiro atoms. The SMILES string of the molecule is CCOC(=O)Cc1csc(NC(=O)C(C)CN)n1.Cl. The van der Waals surface area contributed by atoms with Gasteiger partial charge < -0.3 is 15.8 Å². The summed E-state index contributed by atoms with van der Waals surface area (Å²) in [6.45, 7) is 4.12. The Labute approximate surface area is 122 Å². The number of rotatable bonds is 6. The highest BCUT2D eigenvalue weighted by Gasteiger charge is 2.14. The number of halogens is 1. The second-order valence-corrected chi connectivity index (χ2v) is 4.61. The maximum absolute atomic E-state index is 11.6. The van der Waals surface area contributed by atoms with Crippen molar-refractivity contribution in [3.63, 3.8) is 0 Å². The van der Waals surface area contributed by atoms with E-state index in [9.17, 15) is 9.59 Å². The zero-order chi connectivity index (χ0) is 13.5. The van der Waals surface area contributed by atoms with E-state index in [2.05, 4.69) is 10.3 Å². The highest BCUT2D eigenvalue weighted by atomic mass is 35.5. The monoisotopic (exact) mass is 307 g/mol. The zero-order valence-electron chi connectivity index (χ0n) is 10.8. The van der Waals surface area contributed by atoms with Crippen molar-refractivity contribution < 1.29 is 14.3 Å². The van der Waals surface area contributed by atoms with Gasteiger partial charge in [0.25, 0.3) is 0 Å². The Morgan fingerprint density at radius 3 is 2.84 bits per heavy atom. The number of thiazole rings is 1. The largest absolute Gasteiger partial charge is 0.466 e. The first kappa shape index (κ1) is 17.8. The Hall–Kier alpha value is -1.18. The Morgan fingerprint density at radius 1 is 1.58 bits per heavy atom. The maximum Gasteiger partial charge on any atom is 0.311 e. The van der Waals surface area contributed by atoms with Crippen molar-refractivity contribution >= 4 is 40.8 Å². The van der Waals surface area contributed by atoms with E-state index >= 15 is 0 Å². The molecule has 1 heterocycles. The molecule has 1 rings (SSSR count). The molecule has 0 bridgehead atoms. The molecule has 1 aromatic heterocycles. The number of hydrogen-bond donors (Lipinski definition) is 2.